The van der Waals surface area contributed by atoms with Crippen LogP contribution in [0.2, 0.25) is 5.02 Å². The minimum atomic E-state index is 0.704. The normalized spacial score (nSPS) is 11.0. The van der Waals surface area contributed by atoms with Crippen molar-refractivity contribution in [1.82, 2.24) is 9.97 Å². The molecule has 0 aliphatic carbocycles. The van der Waals surface area contributed by atoms with Crippen molar-refractivity contribution in [3.8, 4) is 22.5 Å². The van der Waals surface area contributed by atoms with Crippen LogP contribution >= 0.6 is 11.6 Å². The van der Waals surface area contributed by atoms with E-state index in [9.17, 15) is 0 Å². The lowest BCUT2D eigenvalue weighted by atomic mass is 9.94. The Morgan fingerprint density at radius 1 is 0.818 bits per heavy atom. The Balaban J connectivity index is 2.03. The third-order valence-electron chi connectivity index (χ3n) is 3.81. The van der Waals surface area contributed by atoms with Gasteiger partial charge in [-0.3, -0.25) is 0 Å². The topological polar surface area (TPSA) is 28.7 Å². The number of imidazole rings is 1. The maximum absolute atomic E-state index is 6.20. The number of H-pyrrole nitrogens is 1. The lowest BCUT2D eigenvalue weighted by molar-refractivity contribution is 1.31. The summed E-state index contributed by atoms with van der Waals surface area (Å²) < 4.78 is 0. The van der Waals surface area contributed by atoms with Crippen LogP contribution in [0.4, 0.5) is 0 Å². The van der Waals surface area contributed by atoms with Gasteiger partial charge in [0.05, 0.1) is 0 Å². The standard InChI is InChI=1S/C19H13ClN2/c20-14-8-9-17(18(12-14)19-21-10-11-22-19)16-7-3-5-13-4-1-2-6-15(13)16/h1-12H,(H,21,22). The van der Waals surface area contributed by atoms with Crippen molar-refractivity contribution in [2.75, 3.05) is 0 Å². The van der Waals surface area contributed by atoms with Crippen molar-refractivity contribution in [3.05, 3.63) is 78.1 Å². The van der Waals surface area contributed by atoms with Crippen molar-refractivity contribution < 1.29 is 0 Å². The van der Waals surface area contributed by atoms with Gasteiger partial charge in [-0.05, 0) is 34.0 Å². The Bertz CT molecular complexity index is 937. The first kappa shape index (κ1) is 13.1. The van der Waals surface area contributed by atoms with Crippen molar-refractivity contribution >= 4 is 22.4 Å². The Kier molecular flexibility index (Phi) is 3.17. The van der Waals surface area contributed by atoms with Gasteiger partial charge in [0.1, 0.15) is 5.82 Å². The summed E-state index contributed by atoms with van der Waals surface area (Å²) in [6.45, 7) is 0. The first-order chi connectivity index (χ1) is 10.8. The van der Waals surface area contributed by atoms with Gasteiger partial charge in [0.2, 0.25) is 0 Å². The average molecular weight is 305 g/mol. The fraction of sp³-hybridized carbons (Fsp3) is 0. The number of hydrogen-bond donors (Lipinski definition) is 1. The number of rotatable bonds is 2. The quantitative estimate of drug-likeness (QED) is 0.516. The molecule has 1 N–H and O–H groups in total. The lowest BCUT2D eigenvalue weighted by Gasteiger charge is -2.11. The second-order valence-electron chi connectivity index (χ2n) is 5.15. The minimum Gasteiger partial charge on any atom is -0.345 e. The van der Waals surface area contributed by atoms with E-state index in [0.29, 0.717) is 5.02 Å². The van der Waals surface area contributed by atoms with Crippen LogP contribution in [-0.4, -0.2) is 9.97 Å². The first-order valence-electron chi connectivity index (χ1n) is 7.10. The molecule has 4 aromatic rings. The smallest absolute Gasteiger partial charge is 0.137 e. The highest BCUT2D eigenvalue weighted by Gasteiger charge is 2.12. The maximum atomic E-state index is 6.20. The lowest BCUT2D eigenvalue weighted by Crippen LogP contribution is -1.88. The minimum absolute atomic E-state index is 0.704. The van der Waals surface area contributed by atoms with Crippen LogP contribution in [0, 0.1) is 0 Å². The fourth-order valence-corrected chi connectivity index (χ4v) is 2.99. The molecule has 1 heterocycles. The summed E-state index contributed by atoms with van der Waals surface area (Å²) in [4.78, 5) is 7.55. The van der Waals surface area contributed by atoms with Gasteiger partial charge >= 0.3 is 0 Å². The van der Waals surface area contributed by atoms with Gasteiger partial charge in [0.15, 0.2) is 0 Å². The number of benzene rings is 3. The number of halogens is 1. The molecule has 0 amide bonds. The van der Waals surface area contributed by atoms with E-state index in [0.717, 1.165) is 17.0 Å². The average Bonchev–Trinajstić information content (AvgIpc) is 3.09. The highest BCUT2D eigenvalue weighted by molar-refractivity contribution is 6.31. The largest absolute Gasteiger partial charge is 0.345 e. The van der Waals surface area contributed by atoms with Crippen molar-refractivity contribution in [3.63, 3.8) is 0 Å². The molecule has 106 valence electrons. The maximum Gasteiger partial charge on any atom is 0.137 e. The fourth-order valence-electron chi connectivity index (χ4n) is 2.82. The van der Waals surface area contributed by atoms with Crippen LogP contribution in [-0.2, 0) is 0 Å². The van der Waals surface area contributed by atoms with Crippen LogP contribution in [0.15, 0.2) is 73.1 Å². The third-order valence-corrected chi connectivity index (χ3v) is 4.05. The van der Waals surface area contributed by atoms with Gasteiger partial charge in [-0.25, -0.2) is 4.98 Å². The molecule has 0 spiro atoms. The van der Waals surface area contributed by atoms with E-state index in [-0.39, 0.29) is 0 Å². The molecular weight excluding hydrogens is 292 g/mol. The van der Waals surface area contributed by atoms with Crippen LogP contribution in [0.3, 0.4) is 0 Å². The van der Waals surface area contributed by atoms with Crippen LogP contribution in [0.1, 0.15) is 0 Å². The van der Waals surface area contributed by atoms with Crippen LogP contribution < -0.4 is 0 Å². The van der Waals surface area contributed by atoms with Crippen molar-refractivity contribution in [2.45, 2.75) is 0 Å². The van der Waals surface area contributed by atoms with Crippen molar-refractivity contribution in [1.29, 1.82) is 0 Å². The highest BCUT2D eigenvalue weighted by Crippen LogP contribution is 2.36. The van der Waals surface area contributed by atoms with Gasteiger partial charge < -0.3 is 4.98 Å². The molecule has 0 unspecified atom stereocenters. The van der Waals surface area contributed by atoms with E-state index in [2.05, 4.69) is 58.5 Å². The van der Waals surface area contributed by atoms with E-state index in [1.165, 1.54) is 16.3 Å². The molecule has 0 saturated carbocycles. The van der Waals surface area contributed by atoms with Gasteiger partial charge in [-0.2, -0.15) is 0 Å². The zero-order chi connectivity index (χ0) is 14.9. The monoisotopic (exact) mass is 304 g/mol. The van der Waals surface area contributed by atoms with E-state index in [4.69, 9.17) is 11.6 Å². The zero-order valence-electron chi connectivity index (χ0n) is 11.8. The number of nitrogens with one attached hydrogen (secondary N) is 1. The summed E-state index contributed by atoms with van der Waals surface area (Å²) >= 11 is 6.20. The molecule has 0 radical (unpaired) electrons. The van der Waals surface area contributed by atoms with E-state index in [1.807, 2.05) is 18.3 Å². The number of hydrogen-bond acceptors (Lipinski definition) is 1. The van der Waals surface area contributed by atoms with E-state index >= 15 is 0 Å². The summed E-state index contributed by atoms with van der Waals surface area (Å²) in [6, 6.07) is 20.7. The SMILES string of the molecule is Clc1ccc(-c2cccc3ccccc23)c(-c2ncc[nH]2)c1. The van der Waals surface area contributed by atoms with Crippen molar-refractivity contribution in [2.24, 2.45) is 0 Å². The zero-order valence-corrected chi connectivity index (χ0v) is 12.5. The molecule has 0 aliphatic rings. The first-order valence-corrected chi connectivity index (χ1v) is 7.48. The molecule has 1 aromatic heterocycles. The van der Waals surface area contributed by atoms with Gasteiger partial charge in [0.25, 0.3) is 0 Å². The summed E-state index contributed by atoms with van der Waals surface area (Å²) in [5.41, 5.74) is 3.31. The van der Waals surface area contributed by atoms with Gasteiger partial charge in [-0.1, -0.05) is 60.1 Å². The number of fused-ring (bicyclic) bond motifs is 1. The highest BCUT2D eigenvalue weighted by atomic mass is 35.5. The molecule has 3 aromatic carbocycles. The number of nitrogens with zero attached hydrogens (tertiary/aromatic N) is 1. The summed E-state index contributed by atoms with van der Waals surface area (Å²) in [5.74, 6) is 0.824. The third kappa shape index (κ3) is 2.18. The molecule has 2 nitrogen and oxygen atoms in total. The number of aromatic nitrogens is 2. The molecule has 0 saturated heterocycles. The van der Waals surface area contributed by atoms with Crippen LogP contribution in [0.5, 0.6) is 0 Å². The molecular formula is C19H13ClN2. The summed E-state index contributed by atoms with van der Waals surface area (Å²) in [7, 11) is 0. The van der Waals surface area contributed by atoms with Gasteiger partial charge in [0, 0.05) is 23.0 Å². The Morgan fingerprint density at radius 2 is 1.68 bits per heavy atom. The predicted molar refractivity (Wildman–Crippen MR) is 92.0 cm³/mol. The summed E-state index contributed by atoms with van der Waals surface area (Å²) in [5, 5.41) is 3.15. The molecule has 0 bridgehead atoms. The molecule has 22 heavy (non-hydrogen) atoms. The Hall–Kier alpha value is -2.58. The molecule has 0 fully saturated rings. The molecule has 0 aliphatic heterocycles. The summed E-state index contributed by atoms with van der Waals surface area (Å²) in [6.07, 6.45) is 3.58. The van der Waals surface area contributed by atoms with Gasteiger partial charge in [-0.15, -0.1) is 0 Å². The molecule has 4 rings (SSSR count). The Morgan fingerprint density at radius 3 is 2.55 bits per heavy atom. The van der Waals surface area contributed by atoms with E-state index in [1.54, 1.807) is 6.20 Å². The molecule has 0 atom stereocenters. The molecule has 3 heteroatoms. The second-order valence-corrected chi connectivity index (χ2v) is 5.59. The van der Waals surface area contributed by atoms with Crippen LogP contribution in [0.25, 0.3) is 33.3 Å². The Labute approximate surface area is 133 Å². The number of aromatic amines is 1. The van der Waals surface area contributed by atoms with E-state index < -0.39 is 0 Å². The predicted octanol–water partition coefficient (Wildman–Crippen LogP) is 5.55. The second kappa shape index (κ2) is 5.32.